The van der Waals surface area contributed by atoms with E-state index < -0.39 is 11.9 Å². The Morgan fingerprint density at radius 1 is 1.04 bits per heavy atom. The summed E-state index contributed by atoms with van der Waals surface area (Å²) in [5.74, 6) is 0. The van der Waals surface area contributed by atoms with Crippen molar-refractivity contribution in [3.63, 3.8) is 0 Å². The lowest BCUT2D eigenvalue weighted by molar-refractivity contribution is -0.141. The smallest absolute Gasteiger partial charge is 0.399 e. The van der Waals surface area contributed by atoms with Gasteiger partial charge in [0.1, 0.15) is 0 Å². The van der Waals surface area contributed by atoms with Gasteiger partial charge >= 0.3 is 6.18 Å². The van der Waals surface area contributed by atoms with Crippen molar-refractivity contribution in [1.82, 2.24) is 9.78 Å². The highest BCUT2D eigenvalue weighted by molar-refractivity contribution is 5.65. The molecule has 0 aliphatic heterocycles. The van der Waals surface area contributed by atoms with Crippen LogP contribution in [-0.2, 0) is 12.6 Å². The van der Waals surface area contributed by atoms with E-state index in [1.54, 1.807) is 24.3 Å². The molecule has 0 saturated heterocycles. The monoisotopic (exact) mass is 345 g/mol. The summed E-state index contributed by atoms with van der Waals surface area (Å²) in [7, 11) is 0. The van der Waals surface area contributed by atoms with Gasteiger partial charge in [0.15, 0.2) is 5.69 Å². The Kier molecular flexibility index (Phi) is 4.29. The van der Waals surface area contributed by atoms with Crippen molar-refractivity contribution < 1.29 is 13.2 Å². The van der Waals surface area contributed by atoms with Crippen molar-refractivity contribution in [1.29, 1.82) is 0 Å². The minimum atomic E-state index is -4.51. The van der Waals surface area contributed by atoms with Gasteiger partial charge in [0.2, 0.25) is 0 Å². The second-order valence-electron chi connectivity index (χ2n) is 5.91. The summed E-state index contributed by atoms with van der Waals surface area (Å²) in [5.41, 5.74) is 9.12. The molecule has 0 unspecified atom stereocenters. The number of aryl methyl sites for hydroxylation is 2. The van der Waals surface area contributed by atoms with Gasteiger partial charge in [-0.2, -0.15) is 18.3 Å². The van der Waals surface area contributed by atoms with Crippen molar-refractivity contribution >= 4 is 5.69 Å². The van der Waals surface area contributed by atoms with E-state index >= 15 is 0 Å². The largest absolute Gasteiger partial charge is 0.435 e. The van der Waals surface area contributed by atoms with Gasteiger partial charge in [-0.3, -0.25) is 0 Å². The van der Waals surface area contributed by atoms with E-state index in [0.717, 1.165) is 23.6 Å². The van der Waals surface area contributed by atoms with Crippen LogP contribution in [0, 0.1) is 6.92 Å². The predicted molar refractivity (Wildman–Crippen MR) is 92.5 cm³/mol. The van der Waals surface area contributed by atoms with Crippen LogP contribution in [0.15, 0.2) is 48.5 Å². The summed E-state index contributed by atoms with van der Waals surface area (Å²) in [6, 6.07) is 13.3. The summed E-state index contributed by atoms with van der Waals surface area (Å²) < 4.78 is 40.9. The van der Waals surface area contributed by atoms with Crippen LogP contribution >= 0.6 is 0 Å². The summed E-state index contributed by atoms with van der Waals surface area (Å²) in [4.78, 5) is 0. The van der Waals surface area contributed by atoms with Gasteiger partial charge in [-0.1, -0.05) is 19.1 Å². The Hall–Kier alpha value is -2.76. The number of hydrogen-bond acceptors (Lipinski definition) is 2. The molecule has 0 radical (unpaired) electrons. The Morgan fingerprint density at radius 3 is 2.32 bits per heavy atom. The third-order valence-electron chi connectivity index (χ3n) is 4.16. The SMILES string of the molecule is CCc1cc(-c2cc(C(F)(F)F)nn2-c2ccc(N)cc2)ccc1C. The number of aromatic nitrogens is 2. The Bertz CT molecular complexity index is 893. The lowest BCUT2D eigenvalue weighted by Gasteiger charge is -2.10. The number of halogens is 3. The third kappa shape index (κ3) is 3.38. The molecule has 0 fully saturated rings. The third-order valence-corrected chi connectivity index (χ3v) is 4.16. The first-order chi connectivity index (χ1) is 11.8. The van der Waals surface area contributed by atoms with E-state index in [-0.39, 0.29) is 0 Å². The van der Waals surface area contributed by atoms with E-state index in [1.165, 1.54) is 4.68 Å². The second-order valence-corrected chi connectivity index (χ2v) is 5.91. The van der Waals surface area contributed by atoms with Crippen molar-refractivity contribution in [2.75, 3.05) is 5.73 Å². The molecule has 2 N–H and O–H groups in total. The Labute approximate surface area is 143 Å². The van der Waals surface area contributed by atoms with Gasteiger partial charge in [-0.05, 0) is 60.9 Å². The van der Waals surface area contributed by atoms with Crippen LogP contribution in [0.4, 0.5) is 18.9 Å². The first-order valence-electron chi connectivity index (χ1n) is 7.92. The number of anilines is 1. The van der Waals surface area contributed by atoms with E-state index in [0.29, 0.717) is 22.6 Å². The molecule has 0 bridgehead atoms. The zero-order valence-electron chi connectivity index (χ0n) is 13.9. The molecule has 130 valence electrons. The van der Waals surface area contributed by atoms with Crippen molar-refractivity contribution in [2.45, 2.75) is 26.4 Å². The maximum Gasteiger partial charge on any atom is 0.435 e. The van der Waals surface area contributed by atoms with Crippen LogP contribution in [0.3, 0.4) is 0 Å². The highest BCUT2D eigenvalue weighted by atomic mass is 19.4. The molecule has 0 amide bonds. The van der Waals surface area contributed by atoms with Crippen molar-refractivity contribution in [2.24, 2.45) is 0 Å². The maximum atomic E-state index is 13.2. The molecule has 0 atom stereocenters. The molecule has 25 heavy (non-hydrogen) atoms. The molecule has 2 aromatic carbocycles. The molecule has 0 aliphatic carbocycles. The maximum absolute atomic E-state index is 13.2. The van der Waals surface area contributed by atoms with Crippen molar-refractivity contribution in [3.05, 3.63) is 65.4 Å². The zero-order valence-corrected chi connectivity index (χ0v) is 13.9. The molecule has 6 heteroatoms. The molecule has 0 spiro atoms. The van der Waals surface area contributed by atoms with Gasteiger partial charge < -0.3 is 5.73 Å². The lowest BCUT2D eigenvalue weighted by Crippen LogP contribution is -2.07. The number of hydrogen-bond donors (Lipinski definition) is 1. The molecule has 1 aromatic heterocycles. The molecule has 1 heterocycles. The fraction of sp³-hybridized carbons (Fsp3) is 0.211. The van der Waals surface area contributed by atoms with Crippen LogP contribution in [0.25, 0.3) is 16.9 Å². The normalized spacial score (nSPS) is 11.7. The summed E-state index contributed by atoms with van der Waals surface area (Å²) in [6.07, 6.45) is -3.70. The van der Waals surface area contributed by atoms with Crippen LogP contribution < -0.4 is 5.73 Å². The van der Waals surface area contributed by atoms with Crippen molar-refractivity contribution in [3.8, 4) is 16.9 Å². The first kappa shape index (κ1) is 17.1. The first-order valence-corrected chi connectivity index (χ1v) is 7.92. The predicted octanol–water partition coefficient (Wildman–Crippen LogP) is 5.01. The van der Waals surface area contributed by atoms with E-state index in [2.05, 4.69) is 5.10 Å². The summed E-state index contributed by atoms with van der Waals surface area (Å²) >= 11 is 0. The number of nitrogens with two attached hydrogens (primary N) is 1. The molecule has 0 saturated carbocycles. The fourth-order valence-electron chi connectivity index (χ4n) is 2.75. The van der Waals surface area contributed by atoms with Crippen LogP contribution in [-0.4, -0.2) is 9.78 Å². The molecule has 3 rings (SSSR count). The minimum absolute atomic E-state index is 0.395. The quantitative estimate of drug-likeness (QED) is 0.678. The van der Waals surface area contributed by atoms with Gasteiger partial charge in [0.25, 0.3) is 0 Å². The molecular weight excluding hydrogens is 327 g/mol. The molecule has 3 nitrogen and oxygen atoms in total. The van der Waals surface area contributed by atoms with Crippen LogP contribution in [0.2, 0.25) is 0 Å². The summed E-state index contributed by atoms with van der Waals surface area (Å²) in [6.45, 7) is 4.01. The van der Waals surface area contributed by atoms with Crippen LogP contribution in [0.1, 0.15) is 23.7 Å². The van der Waals surface area contributed by atoms with E-state index in [1.807, 2.05) is 32.0 Å². The van der Waals surface area contributed by atoms with Gasteiger partial charge in [-0.25, -0.2) is 4.68 Å². The van der Waals surface area contributed by atoms with Gasteiger partial charge in [0.05, 0.1) is 11.4 Å². The minimum Gasteiger partial charge on any atom is -0.399 e. The van der Waals surface area contributed by atoms with Gasteiger partial charge in [-0.15, -0.1) is 0 Å². The average molecular weight is 345 g/mol. The average Bonchev–Trinajstić information content (AvgIpc) is 3.01. The number of nitrogens with zero attached hydrogens (tertiary/aromatic N) is 2. The molecule has 3 aromatic rings. The second kappa shape index (κ2) is 6.27. The standard InChI is InChI=1S/C19H18F3N3/c1-3-13-10-14(5-4-12(13)2)17-11-18(19(20,21)22)24-25(17)16-8-6-15(23)7-9-16/h4-11H,3,23H2,1-2H3. The number of rotatable bonds is 3. The Balaban J connectivity index is 2.21. The molecule has 0 aliphatic rings. The zero-order chi connectivity index (χ0) is 18.2. The van der Waals surface area contributed by atoms with E-state index in [9.17, 15) is 13.2 Å². The fourth-order valence-corrected chi connectivity index (χ4v) is 2.75. The topological polar surface area (TPSA) is 43.8 Å². The number of nitrogen functional groups attached to an aromatic ring is 1. The highest BCUT2D eigenvalue weighted by Gasteiger charge is 2.35. The van der Waals surface area contributed by atoms with E-state index in [4.69, 9.17) is 5.73 Å². The number of alkyl halides is 3. The van der Waals surface area contributed by atoms with Gasteiger partial charge in [0, 0.05) is 11.3 Å². The number of benzene rings is 2. The summed E-state index contributed by atoms with van der Waals surface area (Å²) in [5, 5.41) is 3.79. The van der Waals surface area contributed by atoms with Crippen LogP contribution in [0.5, 0.6) is 0 Å². The molecular formula is C19H18F3N3. The highest BCUT2D eigenvalue weighted by Crippen LogP contribution is 2.34. The lowest BCUT2D eigenvalue weighted by atomic mass is 10.0. The Morgan fingerprint density at radius 2 is 1.72 bits per heavy atom.